The van der Waals surface area contributed by atoms with Gasteiger partial charge in [0.1, 0.15) is 0 Å². The second-order valence-corrected chi connectivity index (χ2v) is 15.6. The van der Waals surface area contributed by atoms with E-state index in [0.717, 1.165) is 67.0 Å². The van der Waals surface area contributed by atoms with E-state index in [4.69, 9.17) is 19.9 Å². The Morgan fingerprint density at radius 3 is 1.45 bits per heavy atom. The van der Waals surface area contributed by atoms with E-state index in [0.29, 0.717) is 17.5 Å². The van der Waals surface area contributed by atoms with Gasteiger partial charge in [-0.25, -0.2) is 15.0 Å². The van der Waals surface area contributed by atoms with Crippen molar-refractivity contribution in [2.75, 3.05) is 0 Å². The van der Waals surface area contributed by atoms with Crippen LogP contribution in [-0.2, 0) is 5.41 Å². The summed E-state index contributed by atoms with van der Waals surface area (Å²) in [5.41, 5.74) is 17.9. The minimum Gasteiger partial charge on any atom is -0.253 e. The Morgan fingerprint density at radius 1 is 0.310 bits per heavy atom. The third-order valence-electron chi connectivity index (χ3n) is 11.4. The Morgan fingerprint density at radius 2 is 0.776 bits per heavy atom. The number of fused-ring (bicyclic) bond motifs is 3. The molecule has 0 aliphatic heterocycles. The van der Waals surface area contributed by atoms with Gasteiger partial charge in [-0.3, -0.25) is 4.98 Å². The lowest BCUT2D eigenvalue weighted by atomic mass is 9.82. The molecule has 0 unspecified atom stereocenters. The topological polar surface area (TPSA) is 51.6 Å². The Hall–Kier alpha value is -7.30. The maximum Gasteiger partial charge on any atom is 0.164 e. The van der Waals surface area contributed by atoms with Crippen LogP contribution in [0.2, 0.25) is 0 Å². The van der Waals surface area contributed by atoms with Crippen molar-refractivity contribution in [2.45, 2.75) is 26.2 Å². The maximum atomic E-state index is 5.14. The number of aromatic nitrogens is 4. The molecule has 0 saturated carbocycles. The molecule has 58 heavy (non-hydrogen) atoms. The predicted octanol–water partition coefficient (Wildman–Crippen LogP) is 13.6. The predicted molar refractivity (Wildman–Crippen MR) is 238 cm³/mol. The van der Waals surface area contributed by atoms with Crippen LogP contribution in [0.5, 0.6) is 0 Å². The molecular formula is C54H40N4. The van der Waals surface area contributed by atoms with E-state index >= 15 is 0 Å². The molecule has 0 amide bonds. The molecule has 0 saturated heterocycles. The minimum absolute atomic E-state index is 0.0676. The summed E-state index contributed by atoms with van der Waals surface area (Å²) in [5.74, 6) is 1.90. The highest BCUT2D eigenvalue weighted by atomic mass is 15.0. The lowest BCUT2D eigenvalue weighted by Crippen LogP contribution is -2.14. The summed E-state index contributed by atoms with van der Waals surface area (Å²) in [6.07, 6.45) is 0. The van der Waals surface area contributed by atoms with Crippen LogP contribution in [0.15, 0.2) is 188 Å². The molecule has 4 nitrogen and oxygen atoms in total. The molecule has 0 bridgehead atoms. The van der Waals surface area contributed by atoms with Crippen molar-refractivity contribution in [1.29, 1.82) is 0 Å². The first-order chi connectivity index (χ1) is 28.4. The molecule has 0 radical (unpaired) electrons. The maximum absolute atomic E-state index is 5.14. The van der Waals surface area contributed by atoms with Gasteiger partial charge >= 0.3 is 0 Å². The molecule has 1 aliphatic rings. The highest BCUT2D eigenvalue weighted by molar-refractivity contribution is 5.87. The summed E-state index contributed by atoms with van der Waals surface area (Å²) in [6.45, 7) is 6.68. The van der Waals surface area contributed by atoms with Crippen LogP contribution in [0.1, 0.15) is 30.7 Å². The first-order valence-corrected chi connectivity index (χ1v) is 19.8. The van der Waals surface area contributed by atoms with Crippen molar-refractivity contribution in [3.63, 3.8) is 0 Å². The van der Waals surface area contributed by atoms with E-state index in [2.05, 4.69) is 135 Å². The van der Waals surface area contributed by atoms with Gasteiger partial charge in [0.15, 0.2) is 17.5 Å². The number of aryl methyl sites for hydroxylation is 1. The van der Waals surface area contributed by atoms with Crippen molar-refractivity contribution in [3.8, 4) is 89.9 Å². The van der Waals surface area contributed by atoms with Crippen molar-refractivity contribution in [1.82, 2.24) is 19.9 Å². The highest BCUT2D eigenvalue weighted by Crippen LogP contribution is 2.49. The zero-order chi connectivity index (χ0) is 39.2. The molecule has 0 atom stereocenters. The quantitative estimate of drug-likeness (QED) is 0.163. The van der Waals surface area contributed by atoms with E-state index in [9.17, 15) is 0 Å². The number of nitrogens with zero attached hydrogens (tertiary/aromatic N) is 4. The SMILES string of the molecule is Cc1cccc(-c2cccc(-c3ccc(-c4cc(-c5ccc6c(c5)-c5ccccc5C6(C)C)cc(-c5nc(-c6ccccc6)nc(-c6ccccc6)n5)c4)cc3)c2)n1. The fourth-order valence-corrected chi connectivity index (χ4v) is 8.34. The minimum atomic E-state index is -0.0676. The summed E-state index contributed by atoms with van der Waals surface area (Å²) >= 11 is 0. The van der Waals surface area contributed by atoms with Gasteiger partial charge in [0.05, 0.1) is 5.69 Å². The van der Waals surface area contributed by atoms with Gasteiger partial charge < -0.3 is 0 Å². The van der Waals surface area contributed by atoms with Crippen molar-refractivity contribution in [2.24, 2.45) is 0 Å². The van der Waals surface area contributed by atoms with E-state index in [1.807, 2.05) is 73.7 Å². The van der Waals surface area contributed by atoms with Crippen LogP contribution < -0.4 is 0 Å². The van der Waals surface area contributed by atoms with Crippen LogP contribution in [0, 0.1) is 6.92 Å². The summed E-state index contributed by atoms with van der Waals surface area (Å²) in [4.78, 5) is 20.0. The second kappa shape index (κ2) is 14.3. The van der Waals surface area contributed by atoms with Crippen LogP contribution >= 0.6 is 0 Å². The Balaban J connectivity index is 1.12. The van der Waals surface area contributed by atoms with Gasteiger partial charge in [-0.1, -0.05) is 159 Å². The van der Waals surface area contributed by atoms with Gasteiger partial charge in [-0.2, -0.15) is 0 Å². The van der Waals surface area contributed by atoms with E-state index < -0.39 is 0 Å². The molecule has 2 heterocycles. The number of hydrogen-bond donors (Lipinski definition) is 0. The molecule has 0 spiro atoms. The van der Waals surface area contributed by atoms with Crippen LogP contribution in [0.25, 0.3) is 89.9 Å². The summed E-state index contributed by atoms with van der Waals surface area (Å²) in [6, 6.07) is 66.4. The van der Waals surface area contributed by atoms with Crippen LogP contribution in [0.3, 0.4) is 0 Å². The van der Waals surface area contributed by atoms with E-state index in [1.54, 1.807) is 0 Å². The Bertz CT molecular complexity index is 2910. The van der Waals surface area contributed by atoms with Gasteiger partial charge in [-0.15, -0.1) is 0 Å². The largest absolute Gasteiger partial charge is 0.253 e. The molecule has 10 rings (SSSR count). The standard InChI is InChI=1S/C54H40N4/c1-35-14-12-23-50(55-35)42-20-13-19-40(30-42)36-24-26-37(27-25-36)43-31-44(41-28-29-49-47(34-41)46-21-10-11-22-48(46)54(49,2)3)33-45(32-43)53-57-51(38-15-6-4-7-16-38)56-52(58-53)39-17-8-5-9-18-39/h4-34H,1-3H3. The number of rotatable bonds is 7. The van der Waals surface area contributed by atoms with E-state index in [-0.39, 0.29) is 5.41 Å². The lowest BCUT2D eigenvalue weighted by molar-refractivity contribution is 0.660. The third kappa shape index (κ3) is 6.49. The molecule has 4 heteroatoms. The molecular weight excluding hydrogens is 705 g/mol. The first kappa shape index (κ1) is 35.1. The van der Waals surface area contributed by atoms with Crippen LogP contribution in [0.4, 0.5) is 0 Å². The molecule has 0 N–H and O–H groups in total. The monoisotopic (exact) mass is 744 g/mol. The lowest BCUT2D eigenvalue weighted by Gasteiger charge is -2.21. The molecule has 276 valence electrons. The van der Waals surface area contributed by atoms with E-state index in [1.165, 1.54) is 22.3 Å². The molecule has 2 aromatic heterocycles. The molecule has 9 aromatic rings. The number of pyridine rings is 1. The van der Waals surface area contributed by atoms with Gasteiger partial charge in [0.2, 0.25) is 0 Å². The zero-order valence-corrected chi connectivity index (χ0v) is 32.7. The normalized spacial score (nSPS) is 12.5. The number of hydrogen-bond acceptors (Lipinski definition) is 4. The average molecular weight is 745 g/mol. The fraction of sp³-hybridized carbons (Fsp3) is 0.0741. The average Bonchev–Trinajstić information content (AvgIpc) is 3.52. The molecule has 7 aromatic carbocycles. The zero-order valence-electron chi connectivity index (χ0n) is 32.7. The summed E-state index contributed by atoms with van der Waals surface area (Å²) < 4.78 is 0. The van der Waals surface area contributed by atoms with Crippen LogP contribution in [-0.4, -0.2) is 19.9 Å². The molecule has 0 fully saturated rings. The van der Waals surface area contributed by atoms with Gasteiger partial charge in [0.25, 0.3) is 0 Å². The Labute approximate surface area is 339 Å². The highest BCUT2D eigenvalue weighted by Gasteiger charge is 2.35. The van der Waals surface area contributed by atoms with Gasteiger partial charge in [0, 0.05) is 33.4 Å². The van der Waals surface area contributed by atoms with Crippen molar-refractivity contribution in [3.05, 3.63) is 205 Å². The fourth-order valence-electron chi connectivity index (χ4n) is 8.34. The second-order valence-electron chi connectivity index (χ2n) is 15.6. The third-order valence-corrected chi connectivity index (χ3v) is 11.4. The molecule has 1 aliphatic carbocycles. The number of benzene rings is 7. The van der Waals surface area contributed by atoms with Crippen molar-refractivity contribution < 1.29 is 0 Å². The smallest absolute Gasteiger partial charge is 0.164 e. The van der Waals surface area contributed by atoms with Crippen molar-refractivity contribution >= 4 is 0 Å². The summed E-state index contributed by atoms with van der Waals surface area (Å²) in [7, 11) is 0. The van der Waals surface area contributed by atoms with Gasteiger partial charge in [-0.05, 0) is 105 Å². The first-order valence-electron chi connectivity index (χ1n) is 19.8. The summed E-state index contributed by atoms with van der Waals surface area (Å²) in [5, 5.41) is 0. The Kier molecular flexibility index (Phi) is 8.68.